The number of hydrogen-bond donors (Lipinski definition) is 1. The molecule has 1 aliphatic rings. The first-order valence-corrected chi connectivity index (χ1v) is 9.30. The monoisotopic (exact) mass is 375 g/mol. The molecule has 1 N–H and O–H groups in total. The van der Waals surface area contributed by atoms with E-state index in [1.807, 2.05) is 20.8 Å². The zero-order valence-electron chi connectivity index (χ0n) is 16.9. The molecule has 6 heteroatoms. The molecule has 0 unspecified atom stereocenters. The molecule has 0 saturated heterocycles. The average Bonchev–Trinajstić information content (AvgIpc) is 3.05. The fourth-order valence-electron chi connectivity index (χ4n) is 3.28. The lowest BCUT2D eigenvalue weighted by Gasteiger charge is -2.18. The van der Waals surface area contributed by atoms with Crippen molar-refractivity contribution in [3.63, 3.8) is 0 Å². The fourth-order valence-corrected chi connectivity index (χ4v) is 3.28. The fraction of sp³-hybridized carbons (Fsp3) is 0.524. The van der Waals surface area contributed by atoms with Gasteiger partial charge in [-0.15, -0.1) is 0 Å². The van der Waals surface area contributed by atoms with Gasteiger partial charge in [-0.05, 0) is 38.7 Å². The quantitative estimate of drug-likeness (QED) is 0.528. The molecule has 0 aromatic heterocycles. The molecule has 0 atom stereocenters. The molecular formula is C21H29NO5. The Bertz CT molecular complexity index is 752. The van der Waals surface area contributed by atoms with Gasteiger partial charge in [-0.1, -0.05) is 18.6 Å². The Balaban J connectivity index is 2.23. The molecule has 0 radical (unpaired) electrons. The van der Waals surface area contributed by atoms with Crippen molar-refractivity contribution in [3.8, 4) is 11.5 Å². The maximum Gasteiger partial charge on any atom is 0.342 e. The molecule has 0 bridgehead atoms. The number of benzene rings is 1. The number of amides is 1. The number of fused-ring (bicyclic) bond motifs is 1. The van der Waals surface area contributed by atoms with Crippen LogP contribution in [0.15, 0.2) is 11.6 Å². The van der Waals surface area contributed by atoms with Crippen LogP contribution in [-0.4, -0.2) is 32.6 Å². The molecule has 2 rings (SSSR count). The molecular weight excluding hydrogens is 346 g/mol. The maximum atomic E-state index is 12.1. The van der Waals surface area contributed by atoms with Gasteiger partial charge in [-0.25, -0.2) is 4.79 Å². The van der Waals surface area contributed by atoms with Gasteiger partial charge in [0.1, 0.15) is 23.7 Å². The van der Waals surface area contributed by atoms with Gasteiger partial charge in [0, 0.05) is 24.1 Å². The lowest BCUT2D eigenvalue weighted by atomic mass is 9.94. The molecule has 1 amide bonds. The number of cyclic esters (lactones) is 1. The topological polar surface area (TPSA) is 73.9 Å². The first kappa shape index (κ1) is 20.8. The highest BCUT2D eigenvalue weighted by atomic mass is 16.5. The molecule has 1 heterocycles. The van der Waals surface area contributed by atoms with Crippen LogP contribution in [0.5, 0.6) is 11.5 Å². The summed E-state index contributed by atoms with van der Waals surface area (Å²) in [6.07, 6.45) is 4.69. The number of ether oxygens (including phenoxy) is 3. The normalized spacial score (nSPS) is 13.2. The summed E-state index contributed by atoms with van der Waals surface area (Å²) in [4.78, 5) is 23.9. The van der Waals surface area contributed by atoms with Crippen molar-refractivity contribution in [3.05, 3.63) is 33.9 Å². The van der Waals surface area contributed by atoms with Crippen LogP contribution in [0.2, 0.25) is 0 Å². The maximum absolute atomic E-state index is 12.1. The Hall–Kier alpha value is -2.50. The molecule has 27 heavy (non-hydrogen) atoms. The molecule has 0 spiro atoms. The second-order valence-electron chi connectivity index (χ2n) is 6.70. The van der Waals surface area contributed by atoms with Crippen molar-refractivity contribution in [2.75, 3.05) is 20.8 Å². The van der Waals surface area contributed by atoms with Gasteiger partial charge in [-0.3, -0.25) is 4.79 Å². The van der Waals surface area contributed by atoms with E-state index in [0.29, 0.717) is 42.9 Å². The van der Waals surface area contributed by atoms with Crippen LogP contribution in [0.4, 0.5) is 0 Å². The van der Waals surface area contributed by atoms with E-state index in [2.05, 4.69) is 11.4 Å². The van der Waals surface area contributed by atoms with E-state index < -0.39 is 0 Å². The summed E-state index contributed by atoms with van der Waals surface area (Å²) in [6.45, 7) is 6.91. The second kappa shape index (κ2) is 9.44. The van der Waals surface area contributed by atoms with Gasteiger partial charge in [0.2, 0.25) is 5.91 Å². The summed E-state index contributed by atoms with van der Waals surface area (Å²) in [6, 6.07) is 0. The summed E-state index contributed by atoms with van der Waals surface area (Å²) in [5.41, 5.74) is 4.15. The van der Waals surface area contributed by atoms with E-state index >= 15 is 0 Å². The summed E-state index contributed by atoms with van der Waals surface area (Å²) in [7, 11) is 3.16. The van der Waals surface area contributed by atoms with Gasteiger partial charge in [-0.2, -0.15) is 0 Å². The Kier molecular flexibility index (Phi) is 7.28. The first-order valence-electron chi connectivity index (χ1n) is 9.30. The summed E-state index contributed by atoms with van der Waals surface area (Å²) in [5.74, 6) is 0.936. The molecule has 1 aliphatic heterocycles. The Morgan fingerprint density at radius 1 is 1.22 bits per heavy atom. The zero-order chi connectivity index (χ0) is 20.0. The van der Waals surface area contributed by atoms with Crippen LogP contribution in [0, 0.1) is 6.92 Å². The number of allylic oxidation sites excluding steroid dienone is 2. The van der Waals surface area contributed by atoms with Crippen LogP contribution in [0.1, 0.15) is 60.2 Å². The highest BCUT2D eigenvalue weighted by Crippen LogP contribution is 2.42. The molecule has 0 fully saturated rings. The van der Waals surface area contributed by atoms with E-state index in [9.17, 15) is 9.59 Å². The third kappa shape index (κ3) is 4.62. The minimum Gasteiger partial charge on any atom is -0.496 e. The summed E-state index contributed by atoms with van der Waals surface area (Å²) >= 11 is 0. The van der Waals surface area contributed by atoms with Gasteiger partial charge < -0.3 is 19.5 Å². The number of methoxy groups -OCH3 is 2. The van der Waals surface area contributed by atoms with Gasteiger partial charge >= 0.3 is 5.97 Å². The van der Waals surface area contributed by atoms with E-state index in [1.54, 1.807) is 14.2 Å². The van der Waals surface area contributed by atoms with Crippen LogP contribution in [-0.2, 0) is 22.6 Å². The standard InChI is InChI=1S/C21H29NO5/c1-6-11-22-17(23)10-8-13(2)7-9-15-19(25-4)14(3)16-12-27-21(24)18(16)20(15)26-5/h7H,6,8-12H2,1-5H3,(H,22,23). The lowest BCUT2D eigenvalue weighted by molar-refractivity contribution is -0.121. The molecule has 1 aromatic rings. The van der Waals surface area contributed by atoms with Crippen molar-refractivity contribution < 1.29 is 23.8 Å². The number of rotatable bonds is 9. The zero-order valence-corrected chi connectivity index (χ0v) is 16.9. The number of hydrogen-bond acceptors (Lipinski definition) is 5. The van der Waals surface area contributed by atoms with E-state index in [4.69, 9.17) is 14.2 Å². The summed E-state index contributed by atoms with van der Waals surface area (Å²) < 4.78 is 16.4. The van der Waals surface area contributed by atoms with E-state index in [0.717, 1.165) is 28.7 Å². The largest absolute Gasteiger partial charge is 0.496 e. The third-order valence-electron chi connectivity index (χ3n) is 4.80. The van der Waals surface area contributed by atoms with Crippen molar-refractivity contribution in [2.45, 2.75) is 53.1 Å². The third-order valence-corrected chi connectivity index (χ3v) is 4.80. The highest BCUT2D eigenvalue weighted by Gasteiger charge is 2.32. The smallest absolute Gasteiger partial charge is 0.342 e. The molecule has 148 valence electrons. The van der Waals surface area contributed by atoms with Crippen LogP contribution in [0.3, 0.4) is 0 Å². The molecule has 6 nitrogen and oxygen atoms in total. The Morgan fingerprint density at radius 2 is 1.93 bits per heavy atom. The predicted octanol–water partition coefficient (Wildman–Crippen LogP) is 3.48. The van der Waals surface area contributed by atoms with Gasteiger partial charge in [0.05, 0.1) is 14.2 Å². The minimum atomic E-state index is -0.359. The summed E-state index contributed by atoms with van der Waals surface area (Å²) in [5, 5.41) is 2.88. The van der Waals surface area contributed by atoms with Crippen molar-refractivity contribution in [1.82, 2.24) is 5.32 Å². The van der Waals surface area contributed by atoms with Crippen LogP contribution < -0.4 is 14.8 Å². The van der Waals surface area contributed by atoms with Crippen molar-refractivity contribution >= 4 is 11.9 Å². The Labute approximate surface area is 160 Å². The number of carbonyl (C=O) groups excluding carboxylic acids is 2. The number of carbonyl (C=O) groups is 2. The SMILES string of the molecule is CCCNC(=O)CCC(C)=CCc1c(OC)c(C)c2c(c1OC)C(=O)OC2. The van der Waals surface area contributed by atoms with E-state index in [-0.39, 0.29) is 18.5 Å². The van der Waals surface area contributed by atoms with Gasteiger partial charge in [0.25, 0.3) is 0 Å². The first-order chi connectivity index (χ1) is 12.9. The second-order valence-corrected chi connectivity index (χ2v) is 6.70. The molecule has 0 saturated carbocycles. The highest BCUT2D eigenvalue weighted by molar-refractivity contribution is 5.98. The molecule has 0 aliphatic carbocycles. The predicted molar refractivity (Wildman–Crippen MR) is 103 cm³/mol. The van der Waals surface area contributed by atoms with Crippen LogP contribution >= 0.6 is 0 Å². The average molecular weight is 375 g/mol. The van der Waals surface area contributed by atoms with Crippen molar-refractivity contribution in [1.29, 1.82) is 0 Å². The minimum absolute atomic E-state index is 0.0656. The van der Waals surface area contributed by atoms with E-state index in [1.165, 1.54) is 0 Å². The number of esters is 1. The van der Waals surface area contributed by atoms with Crippen molar-refractivity contribution in [2.24, 2.45) is 0 Å². The lowest BCUT2D eigenvalue weighted by Crippen LogP contribution is -2.23. The van der Waals surface area contributed by atoms with Crippen LogP contribution in [0.25, 0.3) is 0 Å². The molecule has 1 aromatic carbocycles. The Morgan fingerprint density at radius 3 is 2.56 bits per heavy atom. The van der Waals surface area contributed by atoms with Gasteiger partial charge in [0.15, 0.2) is 0 Å². The number of nitrogens with one attached hydrogen (secondary N) is 1.